The van der Waals surface area contributed by atoms with Crippen LogP contribution in [0.5, 0.6) is 0 Å². The largest absolute Gasteiger partial charge is 0.334 e. The van der Waals surface area contributed by atoms with Crippen LogP contribution >= 0.6 is 0 Å². The predicted molar refractivity (Wildman–Crippen MR) is 74.0 cm³/mol. The summed E-state index contributed by atoms with van der Waals surface area (Å²) < 4.78 is 5.43. The Morgan fingerprint density at radius 3 is 3.11 bits per heavy atom. The van der Waals surface area contributed by atoms with E-state index < -0.39 is 0 Å². The Balaban J connectivity index is 1.89. The molecular formula is C15H19N3O. The maximum Gasteiger partial charge on any atom is 0.258 e. The van der Waals surface area contributed by atoms with Crippen LogP contribution in [0.4, 0.5) is 0 Å². The summed E-state index contributed by atoms with van der Waals surface area (Å²) in [6, 6.07) is 6.72. The van der Waals surface area contributed by atoms with E-state index in [1.54, 1.807) is 0 Å². The van der Waals surface area contributed by atoms with Gasteiger partial charge in [-0.25, -0.2) is 0 Å². The van der Waals surface area contributed by atoms with E-state index in [4.69, 9.17) is 4.52 Å². The second kappa shape index (κ2) is 5.13. The highest BCUT2D eigenvalue weighted by molar-refractivity contribution is 5.62. The summed E-state index contributed by atoms with van der Waals surface area (Å²) in [4.78, 5) is 4.53. The summed E-state index contributed by atoms with van der Waals surface area (Å²) in [7, 11) is 1.94. The van der Waals surface area contributed by atoms with Gasteiger partial charge in [-0.15, -0.1) is 0 Å². The molecule has 1 aromatic carbocycles. The minimum Gasteiger partial charge on any atom is -0.334 e. The first kappa shape index (κ1) is 12.4. The molecule has 0 saturated carbocycles. The van der Waals surface area contributed by atoms with Gasteiger partial charge >= 0.3 is 0 Å². The molecule has 1 aliphatic carbocycles. The normalized spacial score (nSPS) is 15.5. The topological polar surface area (TPSA) is 51.0 Å². The van der Waals surface area contributed by atoms with Gasteiger partial charge < -0.3 is 9.84 Å². The minimum atomic E-state index is 0.354. The Kier molecular flexibility index (Phi) is 3.34. The predicted octanol–water partition coefficient (Wildman–Crippen LogP) is 2.38. The molecule has 100 valence electrons. The monoisotopic (exact) mass is 257 g/mol. The Hall–Kier alpha value is -1.68. The van der Waals surface area contributed by atoms with Gasteiger partial charge in [0, 0.05) is 18.0 Å². The molecule has 0 spiro atoms. The summed E-state index contributed by atoms with van der Waals surface area (Å²) in [5.74, 6) is 1.43. The lowest BCUT2D eigenvalue weighted by Gasteiger charge is -2.05. The summed E-state index contributed by atoms with van der Waals surface area (Å²) in [5.41, 5.74) is 3.94. The molecule has 19 heavy (non-hydrogen) atoms. The number of hydrogen-bond acceptors (Lipinski definition) is 4. The van der Waals surface area contributed by atoms with Gasteiger partial charge in [-0.05, 0) is 50.4 Å². The SMILES string of the molecule is CNC(C)Cc1noc(-c2cccc3c2CCC3)n1. The molecule has 1 atom stereocenters. The van der Waals surface area contributed by atoms with Gasteiger partial charge in [0.15, 0.2) is 5.82 Å². The van der Waals surface area contributed by atoms with E-state index in [-0.39, 0.29) is 0 Å². The van der Waals surface area contributed by atoms with Crippen molar-refractivity contribution in [1.82, 2.24) is 15.5 Å². The van der Waals surface area contributed by atoms with Crippen LogP contribution in [-0.2, 0) is 19.3 Å². The van der Waals surface area contributed by atoms with Crippen molar-refractivity contribution in [3.8, 4) is 11.5 Å². The van der Waals surface area contributed by atoms with E-state index in [2.05, 4.69) is 40.6 Å². The number of nitrogens with zero attached hydrogens (tertiary/aromatic N) is 2. The quantitative estimate of drug-likeness (QED) is 0.913. The summed E-state index contributed by atoms with van der Waals surface area (Å²) >= 11 is 0. The fourth-order valence-corrected chi connectivity index (χ4v) is 2.64. The van der Waals surface area contributed by atoms with Crippen LogP contribution < -0.4 is 5.32 Å². The molecule has 1 aliphatic rings. The molecule has 0 bridgehead atoms. The Morgan fingerprint density at radius 1 is 1.37 bits per heavy atom. The number of hydrogen-bond donors (Lipinski definition) is 1. The van der Waals surface area contributed by atoms with Crippen molar-refractivity contribution in [1.29, 1.82) is 0 Å². The molecule has 2 aromatic rings. The Labute approximate surface area is 113 Å². The molecule has 0 fully saturated rings. The number of benzene rings is 1. The number of aryl methyl sites for hydroxylation is 1. The lowest BCUT2D eigenvalue weighted by Crippen LogP contribution is -2.24. The van der Waals surface area contributed by atoms with Crippen molar-refractivity contribution in [2.75, 3.05) is 7.05 Å². The highest BCUT2D eigenvalue weighted by atomic mass is 16.5. The average Bonchev–Trinajstić information content (AvgIpc) is 3.06. The summed E-state index contributed by atoms with van der Waals surface area (Å²) in [6.45, 7) is 2.11. The smallest absolute Gasteiger partial charge is 0.258 e. The molecule has 4 nitrogen and oxygen atoms in total. The van der Waals surface area contributed by atoms with E-state index >= 15 is 0 Å². The van der Waals surface area contributed by atoms with Crippen molar-refractivity contribution in [2.45, 2.75) is 38.6 Å². The minimum absolute atomic E-state index is 0.354. The molecule has 4 heteroatoms. The highest BCUT2D eigenvalue weighted by Gasteiger charge is 2.19. The van der Waals surface area contributed by atoms with Gasteiger partial charge in [0.1, 0.15) is 0 Å². The number of nitrogens with one attached hydrogen (secondary N) is 1. The zero-order chi connectivity index (χ0) is 13.2. The van der Waals surface area contributed by atoms with Crippen LogP contribution in [0.1, 0.15) is 30.3 Å². The van der Waals surface area contributed by atoms with Crippen LogP contribution in [0.2, 0.25) is 0 Å². The maximum absolute atomic E-state index is 5.43. The Morgan fingerprint density at radius 2 is 2.26 bits per heavy atom. The van der Waals surface area contributed by atoms with E-state index in [9.17, 15) is 0 Å². The van der Waals surface area contributed by atoms with Gasteiger partial charge in [0.05, 0.1) is 0 Å². The Bertz CT molecular complexity index is 577. The van der Waals surface area contributed by atoms with Gasteiger partial charge in [0.2, 0.25) is 0 Å². The molecule has 0 saturated heterocycles. The van der Waals surface area contributed by atoms with Crippen molar-refractivity contribution in [3.63, 3.8) is 0 Å². The second-order valence-corrected chi connectivity index (χ2v) is 5.21. The van der Waals surface area contributed by atoms with Gasteiger partial charge in [-0.3, -0.25) is 0 Å². The molecule has 1 aromatic heterocycles. The zero-order valence-electron chi connectivity index (χ0n) is 11.4. The first-order chi connectivity index (χ1) is 9.28. The van der Waals surface area contributed by atoms with Crippen molar-refractivity contribution >= 4 is 0 Å². The molecule has 1 unspecified atom stereocenters. The average molecular weight is 257 g/mol. The standard InChI is InChI=1S/C15H19N3O/c1-10(16-2)9-14-17-15(19-18-14)13-8-4-6-11-5-3-7-12(11)13/h4,6,8,10,16H,3,5,7,9H2,1-2H3. The van der Waals surface area contributed by atoms with Crippen molar-refractivity contribution in [2.24, 2.45) is 0 Å². The summed E-state index contributed by atoms with van der Waals surface area (Å²) in [6.07, 6.45) is 4.30. The van der Waals surface area contributed by atoms with Crippen LogP contribution in [0.3, 0.4) is 0 Å². The van der Waals surface area contributed by atoms with E-state index in [1.165, 1.54) is 24.0 Å². The number of fused-ring (bicyclic) bond motifs is 1. The van der Waals surface area contributed by atoms with Gasteiger partial charge in [-0.2, -0.15) is 4.98 Å². The van der Waals surface area contributed by atoms with E-state index in [1.807, 2.05) is 7.05 Å². The van der Waals surface area contributed by atoms with Crippen LogP contribution in [0, 0.1) is 0 Å². The highest BCUT2D eigenvalue weighted by Crippen LogP contribution is 2.31. The number of rotatable bonds is 4. The lowest BCUT2D eigenvalue weighted by molar-refractivity contribution is 0.418. The first-order valence-electron chi connectivity index (χ1n) is 6.89. The zero-order valence-corrected chi connectivity index (χ0v) is 11.4. The first-order valence-corrected chi connectivity index (χ1v) is 6.89. The fourth-order valence-electron chi connectivity index (χ4n) is 2.64. The molecule has 0 amide bonds. The third kappa shape index (κ3) is 2.40. The van der Waals surface area contributed by atoms with E-state index in [0.29, 0.717) is 11.9 Å². The third-order valence-corrected chi connectivity index (χ3v) is 3.83. The van der Waals surface area contributed by atoms with Crippen LogP contribution in [0.15, 0.2) is 22.7 Å². The third-order valence-electron chi connectivity index (χ3n) is 3.83. The molecule has 3 rings (SSSR count). The molecular weight excluding hydrogens is 238 g/mol. The molecule has 0 aliphatic heterocycles. The lowest BCUT2D eigenvalue weighted by atomic mass is 10.0. The van der Waals surface area contributed by atoms with Crippen LogP contribution in [-0.4, -0.2) is 23.2 Å². The van der Waals surface area contributed by atoms with Gasteiger partial charge in [0.25, 0.3) is 5.89 Å². The summed E-state index contributed by atoms with van der Waals surface area (Å²) in [5, 5.41) is 7.26. The second-order valence-electron chi connectivity index (χ2n) is 5.21. The van der Waals surface area contributed by atoms with Crippen molar-refractivity contribution < 1.29 is 4.52 Å². The fraction of sp³-hybridized carbons (Fsp3) is 0.467. The number of aromatic nitrogens is 2. The van der Waals surface area contributed by atoms with Crippen molar-refractivity contribution in [3.05, 3.63) is 35.2 Å². The van der Waals surface area contributed by atoms with Crippen LogP contribution in [0.25, 0.3) is 11.5 Å². The van der Waals surface area contributed by atoms with Gasteiger partial charge in [-0.1, -0.05) is 17.3 Å². The van der Waals surface area contributed by atoms with E-state index in [0.717, 1.165) is 24.2 Å². The molecule has 1 N–H and O–H groups in total. The molecule has 1 heterocycles. The number of likely N-dealkylation sites (N-methyl/N-ethyl adjacent to an activating group) is 1. The maximum atomic E-state index is 5.43. The molecule has 0 radical (unpaired) electrons.